The monoisotopic (exact) mass is 757 g/mol. The number of methoxy groups -OCH3 is 1. The highest BCUT2D eigenvalue weighted by Crippen LogP contribution is 2.36. The quantitative estimate of drug-likeness (QED) is 0.152. The highest BCUT2D eigenvalue weighted by Gasteiger charge is 2.38. The van der Waals surface area contributed by atoms with E-state index in [1.54, 1.807) is 30.3 Å². The molecule has 2 amide bonds. The van der Waals surface area contributed by atoms with Crippen LogP contribution in [0.4, 0.5) is 4.79 Å². The Balaban J connectivity index is 1.35. The molecule has 0 saturated heterocycles. The molecule has 0 bridgehead atoms. The number of ether oxygens (including phenoxy) is 4. The summed E-state index contributed by atoms with van der Waals surface area (Å²) in [5, 5.41) is 1.42. The number of nitrogens with zero attached hydrogens (tertiary/aromatic N) is 3. The van der Waals surface area contributed by atoms with E-state index in [1.165, 1.54) is 0 Å². The third kappa shape index (κ3) is 10.8. The number of amides is 2. The average molecular weight is 759 g/mol. The lowest BCUT2D eigenvalue weighted by Crippen LogP contribution is -2.44. The van der Waals surface area contributed by atoms with Crippen LogP contribution in [0.3, 0.4) is 0 Å². The Bertz CT molecular complexity index is 1710. The Hall–Kier alpha value is -3.50. The van der Waals surface area contributed by atoms with Crippen molar-refractivity contribution in [1.29, 1.82) is 0 Å². The first-order valence-corrected chi connectivity index (χ1v) is 18.4. The maximum absolute atomic E-state index is 14.6. The second-order valence-corrected chi connectivity index (χ2v) is 15.1. The maximum Gasteiger partial charge on any atom is 0.410 e. The van der Waals surface area contributed by atoms with Crippen LogP contribution in [0.5, 0.6) is 11.5 Å². The maximum atomic E-state index is 14.6. The fraction of sp³-hybridized carbons (Fsp3) is 0.462. The van der Waals surface area contributed by atoms with E-state index >= 15 is 0 Å². The molecular formula is C39H46Cl3N3O6. The van der Waals surface area contributed by atoms with Crippen molar-refractivity contribution in [2.24, 2.45) is 0 Å². The van der Waals surface area contributed by atoms with Crippen LogP contribution in [0.2, 0.25) is 15.1 Å². The molecule has 3 aromatic rings. The Kier molecular flexibility index (Phi) is 13.2. The van der Waals surface area contributed by atoms with Crippen molar-refractivity contribution in [3.63, 3.8) is 0 Å². The Labute approximate surface area is 315 Å². The normalized spacial score (nSPS) is 14.8. The Morgan fingerprint density at radius 1 is 0.961 bits per heavy atom. The molecule has 1 aromatic heterocycles. The van der Waals surface area contributed by atoms with Gasteiger partial charge >= 0.3 is 6.09 Å². The molecule has 9 nitrogen and oxygen atoms in total. The molecule has 2 aromatic carbocycles. The predicted octanol–water partition coefficient (Wildman–Crippen LogP) is 8.97. The molecule has 1 aliphatic heterocycles. The van der Waals surface area contributed by atoms with E-state index in [0.29, 0.717) is 58.3 Å². The van der Waals surface area contributed by atoms with Gasteiger partial charge in [-0.15, -0.1) is 0 Å². The van der Waals surface area contributed by atoms with E-state index in [1.807, 2.05) is 62.9 Å². The molecule has 1 saturated carbocycles. The zero-order valence-electron chi connectivity index (χ0n) is 29.9. The van der Waals surface area contributed by atoms with Crippen LogP contribution in [0, 0.1) is 6.92 Å². The van der Waals surface area contributed by atoms with Gasteiger partial charge < -0.3 is 28.7 Å². The summed E-state index contributed by atoms with van der Waals surface area (Å²) < 4.78 is 22.6. The molecule has 1 aliphatic carbocycles. The molecule has 0 spiro atoms. The van der Waals surface area contributed by atoms with E-state index in [9.17, 15) is 9.59 Å². The molecule has 0 atom stereocenters. The minimum absolute atomic E-state index is 0.0898. The summed E-state index contributed by atoms with van der Waals surface area (Å²) in [6, 6.07) is 13.3. The van der Waals surface area contributed by atoms with Crippen molar-refractivity contribution in [3.05, 3.63) is 91.7 Å². The van der Waals surface area contributed by atoms with Gasteiger partial charge in [0.05, 0.1) is 21.6 Å². The smallest absolute Gasteiger partial charge is 0.410 e. The highest BCUT2D eigenvalue weighted by atomic mass is 35.5. The zero-order valence-corrected chi connectivity index (χ0v) is 32.2. The Morgan fingerprint density at radius 3 is 2.29 bits per heavy atom. The van der Waals surface area contributed by atoms with Crippen LogP contribution >= 0.6 is 34.8 Å². The number of halogens is 3. The van der Waals surface area contributed by atoms with E-state index in [-0.39, 0.29) is 31.7 Å². The summed E-state index contributed by atoms with van der Waals surface area (Å²) in [5.74, 6) is 0.968. The van der Waals surface area contributed by atoms with Gasteiger partial charge in [-0.2, -0.15) is 0 Å². The van der Waals surface area contributed by atoms with Crippen molar-refractivity contribution < 1.29 is 28.5 Å². The molecular weight excluding hydrogens is 713 g/mol. The number of rotatable bonds is 14. The number of benzene rings is 2. The second-order valence-electron chi connectivity index (χ2n) is 13.9. The number of hydrogen-bond donors (Lipinski definition) is 0. The first kappa shape index (κ1) is 38.7. The predicted molar refractivity (Wildman–Crippen MR) is 201 cm³/mol. The minimum Gasteiger partial charge on any atom is -0.490 e. The van der Waals surface area contributed by atoms with Gasteiger partial charge in [-0.05, 0) is 112 Å². The van der Waals surface area contributed by atoms with Crippen LogP contribution in [0.1, 0.15) is 68.8 Å². The minimum atomic E-state index is -0.663. The van der Waals surface area contributed by atoms with Crippen molar-refractivity contribution in [3.8, 4) is 11.5 Å². The van der Waals surface area contributed by atoms with E-state index < -0.39 is 11.7 Å². The average Bonchev–Trinajstić information content (AvgIpc) is 3.92. The van der Waals surface area contributed by atoms with Gasteiger partial charge in [0.2, 0.25) is 0 Å². The number of carbonyl (C=O) groups excluding carboxylic acids is 2. The van der Waals surface area contributed by atoms with Crippen LogP contribution < -0.4 is 9.47 Å². The first-order chi connectivity index (χ1) is 24.3. The first-order valence-electron chi connectivity index (χ1n) is 17.3. The van der Waals surface area contributed by atoms with Crippen LogP contribution in [0.25, 0.3) is 5.57 Å². The van der Waals surface area contributed by atoms with Gasteiger partial charge in [0.1, 0.15) is 24.6 Å². The SMILES string of the molecule is COCCCc1cc(CN(C(=O)C2=C(c3ccc(OCCOc4c(Cl)cc(C)cc4Cl)cc3)CCN(C(=O)OC(C)(C)C)C2)C2CC2)c(Cl)cn1. The molecule has 2 heterocycles. The topological polar surface area (TPSA) is 90.4 Å². The fourth-order valence-electron chi connectivity index (χ4n) is 5.94. The van der Waals surface area contributed by atoms with Gasteiger partial charge in [-0.3, -0.25) is 9.78 Å². The number of carbonyl (C=O) groups is 2. The van der Waals surface area contributed by atoms with Gasteiger partial charge in [-0.25, -0.2) is 4.79 Å². The van der Waals surface area contributed by atoms with Gasteiger partial charge in [0, 0.05) is 50.3 Å². The summed E-state index contributed by atoms with van der Waals surface area (Å²) in [5.41, 5.74) is 4.39. The molecule has 12 heteroatoms. The van der Waals surface area contributed by atoms with Crippen LogP contribution in [0.15, 0.2) is 54.2 Å². The lowest BCUT2D eigenvalue weighted by Gasteiger charge is -2.34. The number of hydrogen-bond acceptors (Lipinski definition) is 7. The van der Waals surface area contributed by atoms with Crippen molar-refractivity contribution in [2.45, 2.75) is 78.0 Å². The lowest BCUT2D eigenvalue weighted by atomic mass is 9.92. The molecule has 0 radical (unpaired) electrons. The lowest BCUT2D eigenvalue weighted by molar-refractivity contribution is -0.128. The number of pyridine rings is 1. The van der Waals surface area contributed by atoms with E-state index in [4.69, 9.17) is 53.8 Å². The van der Waals surface area contributed by atoms with Crippen molar-refractivity contribution in [2.75, 3.05) is 40.0 Å². The molecule has 5 rings (SSSR count). The number of aryl methyl sites for hydroxylation is 2. The fourth-order valence-corrected chi connectivity index (χ4v) is 6.80. The third-order valence-electron chi connectivity index (χ3n) is 8.56. The van der Waals surface area contributed by atoms with Crippen molar-refractivity contribution >= 4 is 52.4 Å². The van der Waals surface area contributed by atoms with E-state index in [2.05, 4.69) is 4.98 Å². The van der Waals surface area contributed by atoms with Crippen LogP contribution in [-0.4, -0.2) is 78.4 Å². The Morgan fingerprint density at radius 2 is 1.65 bits per heavy atom. The standard InChI is InChI=1S/C39H46Cl3N3O6/c1-25-19-33(40)36(34(41)20-25)50-18-17-49-30-12-8-26(9-13-30)31-14-15-44(38(47)51-39(2,3)4)24-32(31)37(46)45(29-10-11-29)23-27-21-28(7-6-16-48-5)43-22-35(27)42/h8-9,12-13,19-22,29H,6-7,10-11,14-18,23-24H2,1-5H3. The molecule has 0 unspecified atom stereocenters. The van der Waals surface area contributed by atoms with Gasteiger partial charge in [-0.1, -0.05) is 46.9 Å². The summed E-state index contributed by atoms with van der Waals surface area (Å²) in [6.45, 7) is 9.49. The molecule has 1 fully saturated rings. The summed E-state index contributed by atoms with van der Waals surface area (Å²) >= 11 is 19.2. The molecule has 2 aliphatic rings. The highest BCUT2D eigenvalue weighted by molar-refractivity contribution is 6.37. The largest absolute Gasteiger partial charge is 0.490 e. The number of aromatic nitrogens is 1. The molecule has 274 valence electrons. The summed E-state index contributed by atoms with van der Waals surface area (Å²) in [7, 11) is 1.68. The third-order valence-corrected chi connectivity index (χ3v) is 9.46. The molecule has 51 heavy (non-hydrogen) atoms. The molecule has 0 N–H and O–H groups in total. The van der Waals surface area contributed by atoms with Crippen LogP contribution in [-0.2, 0) is 27.2 Å². The van der Waals surface area contributed by atoms with Gasteiger partial charge in [0.15, 0.2) is 5.75 Å². The summed E-state index contributed by atoms with van der Waals surface area (Å²) in [6.07, 6.45) is 5.11. The van der Waals surface area contributed by atoms with Gasteiger partial charge in [0.25, 0.3) is 5.91 Å². The second kappa shape index (κ2) is 17.3. The van der Waals surface area contributed by atoms with Crippen molar-refractivity contribution in [1.82, 2.24) is 14.8 Å². The summed E-state index contributed by atoms with van der Waals surface area (Å²) in [4.78, 5) is 35.8. The van der Waals surface area contributed by atoms with E-state index in [0.717, 1.165) is 53.6 Å². The zero-order chi connectivity index (χ0) is 36.7.